The van der Waals surface area contributed by atoms with Gasteiger partial charge in [0.05, 0.1) is 19.4 Å². The van der Waals surface area contributed by atoms with Gasteiger partial charge in [-0.1, -0.05) is 24.3 Å². The molecule has 0 bridgehead atoms. The van der Waals surface area contributed by atoms with Crippen molar-refractivity contribution >= 4 is 29.3 Å². The van der Waals surface area contributed by atoms with Gasteiger partial charge in [0.1, 0.15) is 0 Å². The number of ether oxygens (including phenoxy) is 1. The van der Waals surface area contributed by atoms with E-state index in [1.54, 1.807) is 0 Å². The van der Waals surface area contributed by atoms with Gasteiger partial charge in [0.25, 0.3) is 0 Å². The molecule has 10 nitrogen and oxygen atoms in total. The fourth-order valence-electron chi connectivity index (χ4n) is 9.64. The Balaban J connectivity index is 0.000000162. The number of fused-ring (bicyclic) bond motifs is 2. The van der Waals surface area contributed by atoms with Crippen LogP contribution in [0.4, 0.5) is 16.2 Å². The average Bonchev–Trinajstić information content (AvgIpc) is 3.90. The molecule has 0 spiro atoms. The zero-order chi connectivity index (χ0) is 35.9. The van der Waals surface area contributed by atoms with E-state index in [1.165, 1.54) is 28.8 Å². The first-order valence-corrected chi connectivity index (χ1v) is 19.4. The zero-order valence-corrected chi connectivity index (χ0v) is 31.5. The van der Waals surface area contributed by atoms with Gasteiger partial charge in [-0.15, -0.1) is 0 Å². The van der Waals surface area contributed by atoms with Gasteiger partial charge in [-0.25, -0.2) is 4.79 Å². The van der Waals surface area contributed by atoms with Gasteiger partial charge in [0, 0.05) is 80.3 Å². The van der Waals surface area contributed by atoms with Crippen LogP contribution in [0.25, 0.3) is 0 Å². The second-order valence-corrected chi connectivity index (χ2v) is 16.4. The molecule has 1 N–H and O–H groups in total. The molecule has 6 aliphatic rings. The SMILES string of the molecule is CCOC(=O)N1CCC(C)(N2CCC(N3C(=O)Cc4ccc(C)cc43)CC2)C1.Cc1ccc2c(c1)N(C1CCN(C3(C)CCNC3)CC1)C(=O)C2. The molecular formula is C41H58N6O4. The fraction of sp³-hybridized carbons (Fsp3) is 0.634. The summed E-state index contributed by atoms with van der Waals surface area (Å²) in [4.78, 5) is 48.4. The van der Waals surface area contributed by atoms with E-state index < -0.39 is 0 Å². The summed E-state index contributed by atoms with van der Waals surface area (Å²) in [5, 5.41) is 3.50. The van der Waals surface area contributed by atoms with E-state index in [1.807, 2.05) is 11.8 Å². The molecule has 0 saturated carbocycles. The number of piperidine rings is 2. The van der Waals surface area contributed by atoms with Crippen molar-refractivity contribution in [3.05, 3.63) is 58.7 Å². The minimum absolute atomic E-state index is 0.00124. The molecule has 2 aromatic rings. The lowest BCUT2D eigenvalue weighted by Crippen LogP contribution is -2.55. The van der Waals surface area contributed by atoms with Crippen molar-refractivity contribution in [3.8, 4) is 0 Å². The molecule has 4 saturated heterocycles. The quantitative estimate of drug-likeness (QED) is 0.467. The molecule has 0 aromatic heterocycles. The maximum absolute atomic E-state index is 12.7. The lowest BCUT2D eigenvalue weighted by atomic mass is 9.93. The summed E-state index contributed by atoms with van der Waals surface area (Å²) < 4.78 is 5.17. The predicted molar refractivity (Wildman–Crippen MR) is 201 cm³/mol. The Morgan fingerprint density at radius 1 is 0.765 bits per heavy atom. The Labute approximate surface area is 304 Å². The Kier molecular flexibility index (Phi) is 10.2. The Morgan fingerprint density at radius 3 is 1.75 bits per heavy atom. The number of hydrogen-bond acceptors (Lipinski definition) is 7. The Bertz CT molecular complexity index is 1620. The Hall–Kier alpha value is -3.47. The van der Waals surface area contributed by atoms with Gasteiger partial charge in [-0.3, -0.25) is 19.4 Å². The first kappa shape index (κ1) is 35.9. The van der Waals surface area contributed by atoms with Crippen molar-refractivity contribution in [1.29, 1.82) is 0 Å². The van der Waals surface area contributed by atoms with Crippen molar-refractivity contribution in [2.45, 2.75) is 109 Å². The first-order valence-electron chi connectivity index (χ1n) is 19.4. The highest BCUT2D eigenvalue weighted by atomic mass is 16.6. The van der Waals surface area contributed by atoms with Crippen molar-refractivity contribution in [1.82, 2.24) is 20.0 Å². The number of anilines is 2. The van der Waals surface area contributed by atoms with Crippen LogP contribution in [0.2, 0.25) is 0 Å². The number of nitrogens with one attached hydrogen (secondary N) is 1. The molecule has 0 aliphatic carbocycles. The van der Waals surface area contributed by atoms with Crippen LogP contribution in [0.1, 0.15) is 81.5 Å². The molecule has 8 rings (SSSR count). The van der Waals surface area contributed by atoms with Crippen LogP contribution in [0.5, 0.6) is 0 Å². The normalized spacial score (nSPS) is 27.5. The summed E-state index contributed by atoms with van der Waals surface area (Å²) >= 11 is 0. The second kappa shape index (κ2) is 14.5. The molecule has 4 fully saturated rings. The van der Waals surface area contributed by atoms with E-state index in [9.17, 15) is 14.4 Å². The summed E-state index contributed by atoms with van der Waals surface area (Å²) in [6.45, 7) is 18.9. The molecule has 6 aliphatic heterocycles. The van der Waals surface area contributed by atoms with Crippen LogP contribution in [0.15, 0.2) is 36.4 Å². The van der Waals surface area contributed by atoms with Crippen LogP contribution in [0.3, 0.4) is 0 Å². The molecule has 3 amide bonds. The predicted octanol–water partition coefficient (Wildman–Crippen LogP) is 5.07. The highest BCUT2D eigenvalue weighted by Crippen LogP contribution is 2.38. The van der Waals surface area contributed by atoms with Gasteiger partial charge in [-0.2, -0.15) is 0 Å². The van der Waals surface area contributed by atoms with E-state index in [0.29, 0.717) is 31.0 Å². The number of benzene rings is 2. The number of carbonyl (C=O) groups is 3. The smallest absolute Gasteiger partial charge is 0.409 e. The minimum atomic E-state index is -0.198. The van der Waals surface area contributed by atoms with Crippen molar-refractivity contribution < 1.29 is 19.1 Å². The average molecular weight is 699 g/mol. The summed E-state index contributed by atoms with van der Waals surface area (Å²) in [6.07, 6.45) is 7.27. The topological polar surface area (TPSA) is 88.7 Å². The van der Waals surface area contributed by atoms with Crippen LogP contribution in [-0.2, 0) is 27.2 Å². The van der Waals surface area contributed by atoms with Gasteiger partial charge in [-0.05, 0) is 114 Å². The number of hydrogen-bond donors (Lipinski definition) is 1. The van der Waals surface area contributed by atoms with Crippen molar-refractivity contribution in [2.75, 3.05) is 68.8 Å². The highest BCUT2D eigenvalue weighted by Gasteiger charge is 2.44. The van der Waals surface area contributed by atoms with E-state index in [4.69, 9.17) is 4.74 Å². The lowest BCUT2D eigenvalue weighted by molar-refractivity contribution is -0.118. The lowest BCUT2D eigenvalue weighted by Gasteiger charge is -2.44. The minimum Gasteiger partial charge on any atom is -0.450 e. The molecular weight excluding hydrogens is 640 g/mol. The maximum atomic E-state index is 12.7. The van der Waals surface area contributed by atoms with Crippen LogP contribution in [-0.4, -0.2) is 115 Å². The molecule has 6 heterocycles. The third-order valence-electron chi connectivity index (χ3n) is 12.7. The Morgan fingerprint density at radius 2 is 1.27 bits per heavy atom. The van der Waals surface area contributed by atoms with Crippen molar-refractivity contribution in [3.63, 3.8) is 0 Å². The highest BCUT2D eigenvalue weighted by molar-refractivity contribution is 6.02. The third-order valence-corrected chi connectivity index (χ3v) is 12.7. The van der Waals surface area contributed by atoms with Gasteiger partial charge < -0.3 is 24.8 Å². The second-order valence-electron chi connectivity index (χ2n) is 16.4. The number of amides is 3. The summed E-state index contributed by atoms with van der Waals surface area (Å²) in [5.41, 5.74) is 7.40. The number of carbonyl (C=O) groups excluding carboxylic acids is 3. The number of aryl methyl sites for hydroxylation is 2. The van der Waals surface area contributed by atoms with Gasteiger partial charge in [0.15, 0.2) is 0 Å². The molecule has 2 unspecified atom stereocenters. The zero-order valence-electron chi connectivity index (χ0n) is 31.5. The summed E-state index contributed by atoms with van der Waals surface area (Å²) in [6, 6.07) is 13.4. The first-order chi connectivity index (χ1) is 24.5. The largest absolute Gasteiger partial charge is 0.450 e. The molecule has 2 aromatic carbocycles. The fourth-order valence-corrected chi connectivity index (χ4v) is 9.64. The van der Waals surface area contributed by atoms with Crippen LogP contribution < -0.4 is 15.1 Å². The van der Waals surface area contributed by atoms with Crippen molar-refractivity contribution in [2.24, 2.45) is 0 Å². The standard InChI is InChI=1S/C22H31N3O3.C19H27N3O/c1-4-28-21(27)23-12-9-22(3,15-23)24-10-7-18(8-11-24)25-19-13-16(2)5-6-17(19)14-20(25)26;1-14-3-4-15-12-18(23)22(17(15)11-14)16-5-9-21(10-6-16)19(2)7-8-20-13-19/h5-6,13,18H,4,7-12,14-15H2,1-3H3;3-4,11,16,20H,5-10,12-13H2,1-2H3. The third kappa shape index (κ3) is 7.16. The molecule has 276 valence electrons. The van der Waals surface area contributed by atoms with Gasteiger partial charge in [0.2, 0.25) is 11.8 Å². The van der Waals surface area contributed by atoms with E-state index in [-0.39, 0.29) is 29.5 Å². The molecule has 10 heteroatoms. The summed E-state index contributed by atoms with van der Waals surface area (Å²) in [7, 11) is 0. The van der Waals surface area contributed by atoms with Crippen LogP contribution in [0, 0.1) is 13.8 Å². The van der Waals surface area contributed by atoms with E-state index in [2.05, 4.69) is 89.0 Å². The van der Waals surface area contributed by atoms with Gasteiger partial charge >= 0.3 is 6.09 Å². The van der Waals surface area contributed by atoms with Crippen LogP contribution >= 0.6 is 0 Å². The molecule has 0 radical (unpaired) electrons. The number of nitrogens with zero attached hydrogens (tertiary/aromatic N) is 5. The monoisotopic (exact) mass is 698 g/mol. The van der Waals surface area contributed by atoms with E-state index >= 15 is 0 Å². The molecule has 2 atom stereocenters. The molecule has 51 heavy (non-hydrogen) atoms. The maximum Gasteiger partial charge on any atom is 0.409 e. The number of likely N-dealkylation sites (tertiary alicyclic amines) is 3. The number of rotatable bonds is 5. The summed E-state index contributed by atoms with van der Waals surface area (Å²) in [5.74, 6) is 0.525. The van der Waals surface area contributed by atoms with E-state index in [0.717, 1.165) is 95.7 Å².